The number of esters is 1. The monoisotopic (exact) mass is 390 g/mol. The fraction of sp³-hybridized carbons (Fsp3) is 0.211. The first-order chi connectivity index (χ1) is 12.9. The summed E-state index contributed by atoms with van der Waals surface area (Å²) in [4.78, 5) is 36.4. The molecule has 1 fully saturated rings. The Morgan fingerprint density at radius 2 is 1.74 bits per heavy atom. The fourth-order valence-electron chi connectivity index (χ4n) is 2.69. The van der Waals surface area contributed by atoms with E-state index < -0.39 is 23.6 Å². The number of halogens is 2. The minimum absolute atomic E-state index is 0.0997. The highest BCUT2D eigenvalue weighted by atomic mass is 35.5. The number of benzene rings is 2. The van der Waals surface area contributed by atoms with E-state index in [9.17, 15) is 18.8 Å². The highest BCUT2D eigenvalue weighted by Crippen LogP contribution is 2.40. The summed E-state index contributed by atoms with van der Waals surface area (Å²) in [5, 5.41) is 5.18. The SMILES string of the molecule is COC(=O)c1ccccc1NC(=O)C1CC1C(=O)Nc1ccc(F)c(Cl)c1. The third kappa shape index (κ3) is 4.25. The van der Waals surface area contributed by atoms with Gasteiger partial charge < -0.3 is 15.4 Å². The normalized spacial score (nSPS) is 17.7. The molecule has 8 heteroatoms. The van der Waals surface area contributed by atoms with Crippen molar-refractivity contribution in [3.63, 3.8) is 0 Å². The minimum atomic E-state index is -0.581. The molecule has 0 aliphatic heterocycles. The standard InChI is InChI=1S/C19H16ClFN2O4/c1-27-19(26)11-4-2-3-5-16(11)23-18(25)13-9-12(13)17(24)22-10-6-7-15(21)14(20)8-10/h2-8,12-13H,9H2,1H3,(H,22,24)(H,23,25). The van der Waals surface area contributed by atoms with Crippen LogP contribution in [0.2, 0.25) is 5.02 Å². The molecule has 140 valence electrons. The average Bonchev–Trinajstić information content (AvgIpc) is 3.45. The van der Waals surface area contributed by atoms with Gasteiger partial charge in [0.2, 0.25) is 11.8 Å². The van der Waals surface area contributed by atoms with Crippen LogP contribution in [0.25, 0.3) is 0 Å². The molecule has 0 aromatic heterocycles. The Bertz CT molecular complexity index is 918. The lowest BCUT2D eigenvalue weighted by Gasteiger charge is -2.09. The van der Waals surface area contributed by atoms with Crippen LogP contribution in [0, 0.1) is 17.7 Å². The predicted molar refractivity (Wildman–Crippen MR) is 98.0 cm³/mol. The molecule has 2 aromatic rings. The Hall–Kier alpha value is -2.93. The second-order valence-electron chi connectivity index (χ2n) is 6.09. The first-order valence-electron chi connectivity index (χ1n) is 8.15. The maximum atomic E-state index is 13.2. The van der Waals surface area contributed by atoms with Gasteiger partial charge in [-0.1, -0.05) is 23.7 Å². The molecule has 0 spiro atoms. The molecule has 1 saturated carbocycles. The summed E-state index contributed by atoms with van der Waals surface area (Å²) in [7, 11) is 1.25. The quantitative estimate of drug-likeness (QED) is 0.765. The van der Waals surface area contributed by atoms with Crippen LogP contribution in [0.5, 0.6) is 0 Å². The van der Waals surface area contributed by atoms with Gasteiger partial charge in [-0.2, -0.15) is 0 Å². The van der Waals surface area contributed by atoms with Crippen LogP contribution in [-0.4, -0.2) is 24.9 Å². The van der Waals surface area contributed by atoms with Gasteiger partial charge in [0, 0.05) is 5.69 Å². The first kappa shape index (κ1) is 18.8. The molecule has 1 aliphatic carbocycles. The topological polar surface area (TPSA) is 84.5 Å². The molecule has 0 bridgehead atoms. The molecule has 6 nitrogen and oxygen atoms in total. The van der Waals surface area contributed by atoms with Crippen LogP contribution in [0.15, 0.2) is 42.5 Å². The van der Waals surface area contributed by atoms with Gasteiger partial charge in [-0.15, -0.1) is 0 Å². The summed E-state index contributed by atoms with van der Waals surface area (Å²) in [6.07, 6.45) is 0.382. The van der Waals surface area contributed by atoms with E-state index in [1.165, 1.54) is 25.3 Å². The lowest BCUT2D eigenvalue weighted by Crippen LogP contribution is -2.21. The number of carbonyl (C=O) groups excluding carboxylic acids is 3. The van der Waals surface area contributed by atoms with Crippen molar-refractivity contribution in [2.24, 2.45) is 11.8 Å². The largest absolute Gasteiger partial charge is 0.465 e. The van der Waals surface area contributed by atoms with Gasteiger partial charge in [0.05, 0.1) is 35.2 Å². The molecule has 2 unspecified atom stereocenters. The third-order valence-electron chi connectivity index (χ3n) is 4.24. The smallest absolute Gasteiger partial charge is 0.339 e. The summed E-state index contributed by atoms with van der Waals surface area (Å²) in [6, 6.07) is 10.3. The molecule has 2 N–H and O–H groups in total. The molecule has 0 radical (unpaired) electrons. The predicted octanol–water partition coefficient (Wildman–Crippen LogP) is 3.48. The molecule has 0 heterocycles. The maximum Gasteiger partial charge on any atom is 0.339 e. The zero-order valence-electron chi connectivity index (χ0n) is 14.3. The van der Waals surface area contributed by atoms with Crippen molar-refractivity contribution in [1.29, 1.82) is 0 Å². The van der Waals surface area contributed by atoms with Crippen molar-refractivity contribution < 1.29 is 23.5 Å². The number of amides is 2. The molecule has 2 atom stereocenters. The van der Waals surface area contributed by atoms with Crippen LogP contribution in [-0.2, 0) is 14.3 Å². The third-order valence-corrected chi connectivity index (χ3v) is 4.53. The minimum Gasteiger partial charge on any atom is -0.465 e. The number of ether oxygens (including phenoxy) is 1. The van der Waals surface area contributed by atoms with Crippen molar-refractivity contribution in [2.45, 2.75) is 6.42 Å². The van der Waals surface area contributed by atoms with Gasteiger partial charge in [0.1, 0.15) is 5.82 Å². The van der Waals surface area contributed by atoms with E-state index in [0.29, 0.717) is 17.8 Å². The zero-order valence-corrected chi connectivity index (χ0v) is 15.0. The van der Waals surface area contributed by atoms with Crippen molar-refractivity contribution >= 4 is 40.8 Å². The van der Waals surface area contributed by atoms with E-state index in [1.807, 2.05) is 0 Å². The van der Waals surface area contributed by atoms with E-state index in [-0.39, 0.29) is 22.4 Å². The Morgan fingerprint density at radius 1 is 1.07 bits per heavy atom. The average molecular weight is 391 g/mol. The Kier molecular flexibility index (Phi) is 5.41. The molecule has 3 rings (SSSR count). The summed E-state index contributed by atoms with van der Waals surface area (Å²) in [5.41, 5.74) is 0.912. The van der Waals surface area contributed by atoms with Crippen molar-refractivity contribution in [3.05, 3.63) is 58.9 Å². The summed E-state index contributed by atoms with van der Waals surface area (Å²) in [5.74, 6) is -2.86. The van der Waals surface area contributed by atoms with Gasteiger partial charge in [-0.05, 0) is 36.8 Å². The number of hydrogen-bond donors (Lipinski definition) is 2. The molecule has 2 amide bonds. The maximum absolute atomic E-state index is 13.2. The molecule has 2 aromatic carbocycles. The Balaban J connectivity index is 1.61. The van der Waals surface area contributed by atoms with Crippen LogP contribution in [0.3, 0.4) is 0 Å². The van der Waals surface area contributed by atoms with Gasteiger partial charge in [0.15, 0.2) is 0 Å². The van der Waals surface area contributed by atoms with Crippen molar-refractivity contribution in [1.82, 2.24) is 0 Å². The molecule has 27 heavy (non-hydrogen) atoms. The number of methoxy groups -OCH3 is 1. The number of anilines is 2. The van der Waals surface area contributed by atoms with Gasteiger partial charge in [-0.25, -0.2) is 9.18 Å². The highest BCUT2D eigenvalue weighted by Gasteiger charge is 2.48. The van der Waals surface area contributed by atoms with Crippen LogP contribution in [0.4, 0.5) is 15.8 Å². The van der Waals surface area contributed by atoms with Crippen molar-refractivity contribution in [2.75, 3.05) is 17.7 Å². The highest BCUT2D eigenvalue weighted by molar-refractivity contribution is 6.31. The van der Waals surface area contributed by atoms with Gasteiger partial charge in [0.25, 0.3) is 0 Å². The van der Waals surface area contributed by atoms with Gasteiger partial charge in [-0.3, -0.25) is 9.59 Å². The Labute approximate surface area is 159 Å². The molecule has 1 aliphatic rings. The van der Waals surface area contributed by atoms with Crippen LogP contribution in [0.1, 0.15) is 16.8 Å². The first-order valence-corrected chi connectivity index (χ1v) is 8.52. The lowest BCUT2D eigenvalue weighted by atomic mass is 10.1. The number of nitrogens with one attached hydrogen (secondary N) is 2. The fourth-order valence-corrected chi connectivity index (χ4v) is 2.87. The van der Waals surface area contributed by atoms with Crippen molar-refractivity contribution in [3.8, 4) is 0 Å². The second-order valence-corrected chi connectivity index (χ2v) is 6.50. The van der Waals surface area contributed by atoms with E-state index >= 15 is 0 Å². The zero-order chi connectivity index (χ0) is 19.6. The van der Waals surface area contributed by atoms with E-state index in [0.717, 1.165) is 6.07 Å². The molecule has 0 saturated heterocycles. The number of rotatable bonds is 5. The van der Waals surface area contributed by atoms with Gasteiger partial charge >= 0.3 is 5.97 Å². The second kappa shape index (κ2) is 7.75. The number of hydrogen-bond acceptors (Lipinski definition) is 4. The lowest BCUT2D eigenvalue weighted by molar-refractivity contribution is -0.122. The number of carbonyl (C=O) groups is 3. The summed E-state index contributed by atoms with van der Waals surface area (Å²) in [6.45, 7) is 0. The van der Waals surface area contributed by atoms with Crippen LogP contribution >= 0.6 is 11.6 Å². The Morgan fingerprint density at radius 3 is 2.41 bits per heavy atom. The number of para-hydroxylation sites is 1. The van der Waals surface area contributed by atoms with E-state index in [1.54, 1.807) is 18.2 Å². The molecular formula is C19H16ClFN2O4. The van der Waals surface area contributed by atoms with Crippen LogP contribution < -0.4 is 10.6 Å². The van der Waals surface area contributed by atoms with E-state index in [2.05, 4.69) is 15.4 Å². The van der Waals surface area contributed by atoms with E-state index in [4.69, 9.17) is 11.6 Å². The summed E-state index contributed by atoms with van der Waals surface area (Å²) < 4.78 is 17.9. The summed E-state index contributed by atoms with van der Waals surface area (Å²) >= 11 is 5.69. The molecular weight excluding hydrogens is 375 g/mol.